The third-order valence-corrected chi connectivity index (χ3v) is 4.20. The molecule has 8 heteroatoms. The van der Waals surface area contributed by atoms with E-state index < -0.39 is 16.2 Å². The first-order valence-electron chi connectivity index (χ1n) is 8.59. The minimum absolute atomic E-state index is 0.119. The predicted molar refractivity (Wildman–Crippen MR) is 106 cm³/mol. The second-order valence-corrected chi connectivity index (χ2v) is 7.19. The number of nitrogens with one attached hydrogen (secondary N) is 2. The molecule has 0 unspecified atom stereocenters. The first-order valence-corrected chi connectivity index (χ1v) is 8.59. The highest BCUT2D eigenvalue weighted by Crippen LogP contribution is 2.32. The Balaban J connectivity index is 2.41. The maximum absolute atomic E-state index is 12.7. The van der Waals surface area contributed by atoms with Gasteiger partial charge in [-0.3, -0.25) is 19.7 Å². The lowest BCUT2D eigenvalue weighted by molar-refractivity contribution is -0.386. The van der Waals surface area contributed by atoms with Crippen LogP contribution in [-0.4, -0.2) is 30.9 Å². The van der Waals surface area contributed by atoms with Gasteiger partial charge in [0.05, 0.1) is 17.7 Å². The first-order chi connectivity index (χ1) is 13.1. The minimum atomic E-state index is -0.545. The van der Waals surface area contributed by atoms with Crippen molar-refractivity contribution in [3.63, 3.8) is 0 Å². The van der Waals surface area contributed by atoms with E-state index >= 15 is 0 Å². The van der Waals surface area contributed by atoms with Gasteiger partial charge in [0.2, 0.25) is 0 Å². The summed E-state index contributed by atoms with van der Waals surface area (Å²) in [5.74, 6) is -0.499. The molecule has 0 aromatic heterocycles. The lowest BCUT2D eigenvalue weighted by Crippen LogP contribution is -2.19. The van der Waals surface area contributed by atoms with E-state index in [1.807, 2.05) is 20.8 Å². The second kappa shape index (κ2) is 8.08. The Labute approximate surface area is 163 Å². The number of nitrogens with zero attached hydrogens (tertiary/aromatic N) is 1. The molecule has 0 saturated carbocycles. The second-order valence-electron chi connectivity index (χ2n) is 7.19. The van der Waals surface area contributed by atoms with Crippen molar-refractivity contribution in [2.24, 2.45) is 0 Å². The maximum Gasteiger partial charge on any atom is 0.273 e. The third kappa shape index (κ3) is 4.46. The van der Waals surface area contributed by atoms with Gasteiger partial charge in [0.25, 0.3) is 17.5 Å². The van der Waals surface area contributed by atoms with Gasteiger partial charge in [-0.25, -0.2) is 0 Å². The normalized spacial score (nSPS) is 10.9. The number of carbonyl (C=O) groups excluding carboxylic acids is 2. The average molecular weight is 385 g/mol. The summed E-state index contributed by atoms with van der Waals surface area (Å²) in [5.41, 5.74) is 0.734. The van der Waals surface area contributed by atoms with Crippen molar-refractivity contribution in [1.29, 1.82) is 0 Å². The smallest absolute Gasteiger partial charge is 0.273 e. The summed E-state index contributed by atoms with van der Waals surface area (Å²) in [7, 11) is 2.94. The number of amides is 2. The molecule has 0 aliphatic heterocycles. The van der Waals surface area contributed by atoms with Crippen LogP contribution in [0.25, 0.3) is 0 Å². The highest BCUT2D eigenvalue weighted by atomic mass is 16.6. The molecular weight excluding hydrogens is 362 g/mol. The fraction of sp³-hybridized carbons (Fsp3) is 0.300. The Hall–Kier alpha value is -3.42. The molecule has 0 fully saturated rings. The summed E-state index contributed by atoms with van der Waals surface area (Å²) < 4.78 is 5.22. The van der Waals surface area contributed by atoms with Gasteiger partial charge >= 0.3 is 0 Å². The Morgan fingerprint density at radius 1 is 1.04 bits per heavy atom. The summed E-state index contributed by atoms with van der Waals surface area (Å²) in [4.78, 5) is 35.5. The van der Waals surface area contributed by atoms with Crippen LogP contribution < -0.4 is 15.4 Å². The van der Waals surface area contributed by atoms with Gasteiger partial charge in [0.15, 0.2) is 0 Å². The van der Waals surface area contributed by atoms with Gasteiger partial charge < -0.3 is 15.4 Å². The summed E-state index contributed by atoms with van der Waals surface area (Å²) in [6, 6.07) is 8.99. The van der Waals surface area contributed by atoms with Crippen LogP contribution in [-0.2, 0) is 5.41 Å². The molecule has 0 aliphatic carbocycles. The van der Waals surface area contributed by atoms with E-state index in [1.54, 1.807) is 18.2 Å². The quantitative estimate of drug-likeness (QED) is 0.604. The number of hydrogen-bond donors (Lipinski definition) is 2. The number of methoxy groups -OCH3 is 1. The molecule has 2 aromatic rings. The van der Waals surface area contributed by atoms with Crippen LogP contribution in [0.3, 0.4) is 0 Å². The lowest BCUT2D eigenvalue weighted by Gasteiger charge is -2.19. The molecule has 2 N–H and O–H groups in total. The van der Waals surface area contributed by atoms with Crippen LogP contribution in [0.1, 0.15) is 47.1 Å². The van der Waals surface area contributed by atoms with Crippen molar-refractivity contribution < 1.29 is 19.2 Å². The third-order valence-electron chi connectivity index (χ3n) is 4.20. The van der Waals surface area contributed by atoms with Crippen LogP contribution in [0.2, 0.25) is 0 Å². The number of carbonyl (C=O) groups is 2. The van der Waals surface area contributed by atoms with E-state index in [-0.39, 0.29) is 22.8 Å². The van der Waals surface area contributed by atoms with E-state index in [2.05, 4.69) is 10.6 Å². The largest absolute Gasteiger partial charge is 0.495 e. The van der Waals surface area contributed by atoms with E-state index in [0.717, 1.165) is 0 Å². The molecule has 2 aromatic carbocycles. The van der Waals surface area contributed by atoms with Crippen molar-refractivity contribution in [1.82, 2.24) is 5.32 Å². The number of benzene rings is 2. The number of anilines is 1. The summed E-state index contributed by atoms with van der Waals surface area (Å²) in [5, 5.41) is 16.6. The molecule has 0 saturated heterocycles. The lowest BCUT2D eigenvalue weighted by atomic mass is 9.85. The van der Waals surface area contributed by atoms with Crippen molar-refractivity contribution in [2.75, 3.05) is 19.5 Å². The van der Waals surface area contributed by atoms with Crippen LogP contribution in [0.5, 0.6) is 5.75 Å². The van der Waals surface area contributed by atoms with Crippen LogP contribution >= 0.6 is 0 Å². The molecule has 0 aliphatic rings. The van der Waals surface area contributed by atoms with Crippen LogP contribution in [0, 0.1) is 10.1 Å². The predicted octanol–water partition coefficient (Wildman–Crippen LogP) is 3.51. The molecule has 2 rings (SSSR count). The molecule has 148 valence electrons. The fourth-order valence-electron chi connectivity index (χ4n) is 2.74. The monoisotopic (exact) mass is 385 g/mol. The average Bonchev–Trinajstić information content (AvgIpc) is 2.65. The first kappa shape index (κ1) is 20.9. The Kier molecular flexibility index (Phi) is 6.03. The zero-order valence-electron chi connectivity index (χ0n) is 16.5. The van der Waals surface area contributed by atoms with E-state index in [0.29, 0.717) is 16.9 Å². The standard InChI is InChI=1S/C20H23N3O5/c1-20(2,3)14-8-6-13(11-16(14)23(26)27)19(25)22-15-10-12(18(24)21-4)7-9-17(15)28-5/h6-11H,1-5H3,(H,21,24)(H,22,25). The van der Waals surface area contributed by atoms with Crippen LogP contribution in [0.4, 0.5) is 11.4 Å². The van der Waals surface area contributed by atoms with Crippen molar-refractivity contribution in [3.8, 4) is 5.75 Å². The minimum Gasteiger partial charge on any atom is -0.495 e. The zero-order valence-corrected chi connectivity index (χ0v) is 16.5. The Morgan fingerprint density at radius 2 is 1.64 bits per heavy atom. The molecule has 0 heterocycles. The molecule has 2 amide bonds. The maximum atomic E-state index is 12.7. The van der Waals surface area contributed by atoms with Gasteiger partial charge in [0, 0.05) is 29.8 Å². The summed E-state index contributed by atoms with van der Waals surface area (Å²) >= 11 is 0. The van der Waals surface area contributed by atoms with Gasteiger partial charge in [-0.15, -0.1) is 0 Å². The molecule has 0 atom stereocenters. The van der Waals surface area contributed by atoms with Crippen molar-refractivity contribution in [2.45, 2.75) is 26.2 Å². The van der Waals surface area contributed by atoms with Gasteiger partial charge in [-0.05, 0) is 29.7 Å². The molecule has 0 spiro atoms. The molecule has 0 radical (unpaired) electrons. The SMILES string of the molecule is CNC(=O)c1ccc(OC)c(NC(=O)c2ccc(C(C)(C)C)c([N+](=O)[O-])c2)c1. The number of nitro groups is 1. The van der Waals surface area contributed by atoms with E-state index in [4.69, 9.17) is 4.74 Å². The van der Waals surface area contributed by atoms with Crippen LogP contribution in [0.15, 0.2) is 36.4 Å². The number of rotatable bonds is 5. The topological polar surface area (TPSA) is 111 Å². The highest BCUT2D eigenvalue weighted by molar-refractivity contribution is 6.06. The van der Waals surface area contributed by atoms with Gasteiger partial charge in [-0.2, -0.15) is 0 Å². The number of ether oxygens (including phenoxy) is 1. The molecular formula is C20H23N3O5. The number of nitro benzene ring substituents is 1. The summed E-state index contributed by atoms with van der Waals surface area (Å²) in [6.45, 7) is 5.60. The Bertz CT molecular complexity index is 932. The molecule has 8 nitrogen and oxygen atoms in total. The van der Waals surface area contributed by atoms with Crippen molar-refractivity contribution in [3.05, 3.63) is 63.2 Å². The van der Waals surface area contributed by atoms with E-state index in [1.165, 1.54) is 32.4 Å². The Morgan fingerprint density at radius 3 is 2.18 bits per heavy atom. The highest BCUT2D eigenvalue weighted by Gasteiger charge is 2.26. The van der Waals surface area contributed by atoms with Gasteiger partial charge in [0.1, 0.15) is 5.75 Å². The van der Waals surface area contributed by atoms with E-state index in [9.17, 15) is 19.7 Å². The number of hydrogen-bond acceptors (Lipinski definition) is 5. The molecule has 0 bridgehead atoms. The zero-order chi connectivity index (χ0) is 21.1. The summed E-state index contributed by atoms with van der Waals surface area (Å²) in [6.07, 6.45) is 0. The van der Waals surface area contributed by atoms with Gasteiger partial charge in [-0.1, -0.05) is 26.8 Å². The van der Waals surface area contributed by atoms with Crippen molar-refractivity contribution >= 4 is 23.2 Å². The fourth-order valence-corrected chi connectivity index (χ4v) is 2.74. The molecule has 28 heavy (non-hydrogen) atoms.